The number of aryl methyl sites for hydroxylation is 1. The van der Waals surface area contributed by atoms with Crippen molar-refractivity contribution in [3.05, 3.63) is 71.0 Å². The number of methoxy groups -OCH3 is 1. The summed E-state index contributed by atoms with van der Waals surface area (Å²) in [6.07, 6.45) is 6.78. The summed E-state index contributed by atoms with van der Waals surface area (Å²) in [5.41, 5.74) is 1.69. The van der Waals surface area contributed by atoms with Gasteiger partial charge in [-0.3, -0.25) is 14.5 Å². The lowest BCUT2D eigenvalue weighted by Crippen LogP contribution is -2.17. The van der Waals surface area contributed by atoms with Gasteiger partial charge in [0.05, 0.1) is 25.0 Å². The van der Waals surface area contributed by atoms with E-state index in [0.717, 1.165) is 16.6 Å². The molecule has 3 aromatic heterocycles. The van der Waals surface area contributed by atoms with Crippen LogP contribution >= 0.6 is 0 Å². The van der Waals surface area contributed by atoms with Crippen molar-refractivity contribution >= 4 is 10.9 Å². The van der Waals surface area contributed by atoms with Gasteiger partial charge >= 0.3 is 0 Å². The highest BCUT2D eigenvalue weighted by molar-refractivity contribution is 5.86. The summed E-state index contributed by atoms with van der Waals surface area (Å²) in [4.78, 5) is 16.4. The van der Waals surface area contributed by atoms with E-state index >= 15 is 0 Å². The molecular weight excluding hydrogens is 346 g/mol. The van der Waals surface area contributed by atoms with E-state index in [1.54, 1.807) is 47.2 Å². The van der Waals surface area contributed by atoms with Crippen molar-refractivity contribution in [1.82, 2.24) is 24.5 Å². The Bertz CT molecular complexity index is 1170. The maximum absolute atomic E-state index is 12.1. The van der Waals surface area contributed by atoms with E-state index in [9.17, 15) is 4.79 Å². The molecule has 0 spiro atoms. The lowest BCUT2D eigenvalue weighted by Gasteiger charge is -2.09. The minimum atomic E-state index is -0.185. The van der Waals surface area contributed by atoms with Crippen molar-refractivity contribution in [2.75, 3.05) is 7.11 Å². The molecule has 0 N–H and O–H groups in total. The molecule has 0 fully saturated rings. The van der Waals surface area contributed by atoms with Crippen molar-refractivity contribution in [3.8, 4) is 17.2 Å². The van der Waals surface area contributed by atoms with E-state index in [4.69, 9.17) is 9.47 Å². The molecule has 3 heterocycles. The van der Waals surface area contributed by atoms with Crippen LogP contribution in [0, 0.1) is 0 Å². The molecule has 0 bridgehead atoms. The van der Waals surface area contributed by atoms with Crippen LogP contribution in [0.2, 0.25) is 0 Å². The summed E-state index contributed by atoms with van der Waals surface area (Å²) >= 11 is 0. The number of ether oxygens (including phenoxy) is 2. The van der Waals surface area contributed by atoms with E-state index in [2.05, 4.69) is 15.2 Å². The number of pyridine rings is 1. The Morgan fingerprint density at radius 3 is 2.85 bits per heavy atom. The molecule has 4 rings (SSSR count). The zero-order valence-corrected chi connectivity index (χ0v) is 14.9. The Hall–Kier alpha value is -3.68. The lowest BCUT2D eigenvalue weighted by molar-refractivity contribution is 0.297. The van der Waals surface area contributed by atoms with E-state index in [1.165, 1.54) is 6.07 Å². The molecule has 136 valence electrons. The maximum atomic E-state index is 12.1. The SMILES string of the molecule is COc1ccnc2ccc(OCc3nn(-c4cnn(C)c4)ccc3=O)cc12. The molecule has 27 heavy (non-hydrogen) atoms. The summed E-state index contributed by atoms with van der Waals surface area (Å²) < 4.78 is 14.4. The molecule has 1 aromatic carbocycles. The van der Waals surface area contributed by atoms with Gasteiger partial charge in [-0.05, 0) is 24.3 Å². The summed E-state index contributed by atoms with van der Waals surface area (Å²) in [7, 11) is 3.43. The second-order valence-electron chi connectivity index (χ2n) is 5.92. The average Bonchev–Trinajstić information content (AvgIpc) is 3.13. The number of hydrogen-bond acceptors (Lipinski definition) is 6. The first kappa shape index (κ1) is 16.8. The molecule has 0 aliphatic carbocycles. The van der Waals surface area contributed by atoms with Crippen LogP contribution in [0.1, 0.15) is 5.69 Å². The fraction of sp³-hybridized carbons (Fsp3) is 0.158. The second kappa shape index (κ2) is 6.91. The predicted molar refractivity (Wildman–Crippen MR) is 99.2 cm³/mol. The van der Waals surface area contributed by atoms with Crippen LogP contribution < -0.4 is 14.9 Å². The Morgan fingerprint density at radius 1 is 1.19 bits per heavy atom. The van der Waals surface area contributed by atoms with Crippen molar-refractivity contribution in [2.45, 2.75) is 6.61 Å². The molecule has 0 unspecified atom stereocenters. The molecule has 8 nitrogen and oxygen atoms in total. The molecule has 0 saturated carbocycles. The predicted octanol–water partition coefficient (Wildman–Crippen LogP) is 2.10. The molecule has 4 aromatic rings. The summed E-state index contributed by atoms with van der Waals surface area (Å²) in [5.74, 6) is 1.31. The van der Waals surface area contributed by atoms with E-state index in [0.29, 0.717) is 17.2 Å². The molecule has 0 atom stereocenters. The standard InChI is InChI=1S/C19H17N5O3/c1-23-11-13(10-21-23)24-8-6-18(25)17(22-24)12-27-14-3-4-16-15(9-14)19(26-2)5-7-20-16/h3-11H,12H2,1-2H3. The number of aromatic nitrogens is 5. The third-order valence-electron chi connectivity index (χ3n) is 4.10. The average molecular weight is 363 g/mol. The first-order chi connectivity index (χ1) is 13.1. The Balaban J connectivity index is 1.60. The van der Waals surface area contributed by atoms with E-state index < -0.39 is 0 Å². The van der Waals surface area contributed by atoms with Gasteiger partial charge in [-0.25, -0.2) is 4.68 Å². The van der Waals surface area contributed by atoms with Crippen LogP contribution in [-0.2, 0) is 13.7 Å². The lowest BCUT2D eigenvalue weighted by atomic mass is 10.2. The number of nitrogens with zero attached hydrogens (tertiary/aromatic N) is 5. The largest absolute Gasteiger partial charge is 0.496 e. The summed E-state index contributed by atoms with van der Waals surface area (Å²) in [5, 5.41) is 9.31. The smallest absolute Gasteiger partial charge is 0.206 e. The topological polar surface area (TPSA) is 84.1 Å². The van der Waals surface area contributed by atoms with Crippen LogP contribution in [0.5, 0.6) is 11.5 Å². The molecule has 0 aliphatic rings. The van der Waals surface area contributed by atoms with Gasteiger partial charge in [0.15, 0.2) is 0 Å². The van der Waals surface area contributed by atoms with Crippen molar-refractivity contribution in [1.29, 1.82) is 0 Å². The highest BCUT2D eigenvalue weighted by atomic mass is 16.5. The third-order valence-corrected chi connectivity index (χ3v) is 4.10. The first-order valence-electron chi connectivity index (χ1n) is 8.27. The van der Waals surface area contributed by atoms with Crippen LogP contribution in [0.4, 0.5) is 0 Å². The summed E-state index contributed by atoms with van der Waals surface area (Å²) in [6.45, 7) is 0.0496. The number of fused-ring (bicyclic) bond motifs is 1. The second-order valence-corrected chi connectivity index (χ2v) is 5.92. The van der Waals surface area contributed by atoms with E-state index in [-0.39, 0.29) is 12.0 Å². The fourth-order valence-corrected chi connectivity index (χ4v) is 2.74. The fourth-order valence-electron chi connectivity index (χ4n) is 2.74. The molecule has 0 saturated heterocycles. The van der Waals surface area contributed by atoms with Gasteiger partial charge in [0.2, 0.25) is 5.43 Å². The van der Waals surface area contributed by atoms with Crippen LogP contribution in [-0.4, -0.2) is 31.7 Å². The summed E-state index contributed by atoms with van der Waals surface area (Å²) in [6, 6.07) is 8.74. The minimum absolute atomic E-state index is 0.0496. The molecular formula is C19H17N5O3. The first-order valence-corrected chi connectivity index (χ1v) is 8.27. The Labute approximate surface area is 154 Å². The highest BCUT2D eigenvalue weighted by Gasteiger charge is 2.08. The van der Waals surface area contributed by atoms with Gasteiger partial charge in [0, 0.05) is 30.9 Å². The minimum Gasteiger partial charge on any atom is -0.496 e. The van der Waals surface area contributed by atoms with Crippen molar-refractivity contribution in [2.24, 2.45) is 7.05 Å². The van der Waals surface area contributed by atoms with Gasteiger partial charge in [-0.1, -0.05) is 0 Å². The normalized spacial score (nSPS) is 10.9. The van der Waals surface area contributed by atoms with Crippen LogP contribution in [0.3, 0.4) is 0 Å². The Kier molecular flexibility index (Phi) is 4.29. The number of hydrogen-bond donors (Lipinski definition) is 0. The Morgan fingerprint density at radius 2 is 2.07 bits per heavy atom. The maximum Gasteiger partial charge on any atom is 0.206 e. The molecule has 0 amide bonds. The van der Waals surface area contributed by atoms with Crippen molar-refractivity contribution in [3.63, 3.8) is 0 Å². The molecule has 0 radical (unpaired) electrons. The van der Waals surface area contributed by atoms with Gasteiger partial charge in [-0.2, -0.15) is 10.2 Å². The third kappa shape index (κ3) is 3.37. The van der Waals surface area contributed by atoms with Gasteiger partial charge < -0.3 is 9.47 Å². The monoisotopic (exact) mass is 363 g/mol. The van der Waals surface area contributed by atoms with Crippen LogP contribution in [0.15, 0.2) is 59.9 Å². The van der Waals surface area contributed by atoms with Crippen molar-refractivity contribution < 1.29 is 9.47 Å². The van der Waals surface area contributed by atoms with Crippen LogP contribution in [0.25, 0.3) is 16.6 Å². The zero-order valence-electron chi connectivity index (χ0n) is 14.9. The number of rotatable bonds is 5. The van der Waals surface area contributed by atoms with Gasteiger partial charge in [-0.15, -0.1) is 0 Å². The number of benzene rings is 1. The zero-order chi connectivity index (χ0) is 18.8. The highest BCUT2D eigenvalue weighted by Crippen LogP contribution is 2.27. The quantitative estimate of drug-likeness (QED) is 0.540. The van der Waals surface area contributed by atoms with E-state index in [1.807, 2.05) is 25.4 Å². The molecule has 0 aliphatic heterocycles. The van der Waals surface area contributed by atoms with Gasteiger partial charge in [0.25, 0.3) is 0 Å². The van der Waals surface area contributed by atoms with Gasteiger partial charge in [0.1, 0.15) is 29.5 Å². The molecule has 8 heteroatoms.